The fourth-order valence-electron chi connectivity index (χ4n) is 6.24. The van der Waals surface area contributed by atoms with E-state index < -0.39 is 41.7 Å². The molecule has 2 heterocycles. The normalized spacial score (nSPS) is 18.6. The highest BCUT2D eigenvalue weighted by Crippen LogP contribution is 2.40. The number of hydrogen-bond acceptors (Lipinski definition) is 11. The quantitative estimate of drug-likeness (QED) is 0.159. The van der Waals surface area contributed by atoms with E-state index in [4.69, 9.17) is 30.9 Å². The van der Waals surface area contributed by atoms with Gasteiger partial charge >= 0.3 is 12.0 Å². The molecule has 0 unspecified atom stereocenters. The highest BCUT2D eigenvalue weighted by Gasteiger charge is 2.40. The van der Waals surface area contributed by atoms with Crippen LogP contribution in [0.15, 0.2) is 45.7 Å². The summed E-state index contributed by atoms with van der Waals surface area (Å²) in [4.78, 5) is 24.6. The third kappa shape index (κ3) is 11.1. The molecule has 0 radical (unpaired) electrons. The Morgan fingerprint density at radius 2 is 1.72 bits per heavy atom. The Morgan fingerprint density at radius 3 is 2.28 bits per heavy atom. The van der Waals surface area contributed by atoms with Gasteiger partial charge in [-0.2, -0.15) is 0 Å². The van der Waals surface area contributed by atoms with Gasteiger partial charge in [-0.1, -0.05) is 68.9 Å². The van der Waals surface area contributed by atoms with Crippen LogP contribution in [0.4, 0.5) is 16.1 Å². The zero-order chi connectivity index (χ0) is 40.3. The topological polar surface area (TPSA) is 167 Å². The lowest BCUT2D eigenvalue weighted by Gasteiger charge is -2.40. The van der Waals surface area contributed by atoms with Gasteiger partial charge in [-0.25, -0.2) is 12.8 Å². The largest absolute Gasteiger partial charge is 0.460 e. The van der Waals surface area contributed by atoms with Crippen molar-refractivity contribution in [3.05, 3.63) is 52.8 Å². The molecular formula is C38H55ClFN5O7SSi. The molecule has 12 nitrogen and oxygen atoms in total. The van der Waals surface area contributed by atoms with Gasteiger partial charge in [-0.3, -0.25) is 9.59 Å². The number of aromatic nitrogens is 2. The molecule has 1 aliphatic heterocycles. The Kier molecular flexibility index (Phi) is 13.5. The van der Waals surface area contributed by atoms with E-state index in [0.29, 0.717) is 17.2 Å². The van der Waals surface area contributed by atoms with E-state index in [-0.39, 0.29) is 56.7 Å². The van der Waals surface area contributed by atoms with Crippen molar-refractivity contribution in [2.75, 3.05) is 22.6 Å². The number of esters is 1. The third-order valence-electron chi connectivity index (χ3n) is 10.0. The fraction of sp³-hybridized carbons (Fsp3) is 0.579. The number of nitrogens with two attached hydrogens (primary N) is 1. The maximum atomic E-state index is 15.7. The number of ether oxygens (including phenoxy) is 1. The molecule has 5 rings (SSSR count). The predicted molar refractivity (Wildman–Crippen MR) is 211 cm³/mol. The number of benzene rings is 2. The Bertz CT molecular complexity index is 1900. The molecule has 0 bridgehead atoms. The van der Waals surface area contributed by atoms with Crippen molar-refractivity contribution in [1.82, 2.24) is 10.2 Å². The zero-order valence-corrected chi connectivity index (χ0v) is 35.4. The van der Waals surface area contributed by atoms with Gasteiger partial charge < -0.3 is 29.5 Å². The first kappa shape index (κ1) is 43.4. The van der Waals surface area contributed by atoms with Crippen LogP contribution in [0, 0.1) is 5.82 Å². The molecule has 1 atom stereocenters. The van der Waals surface area contributed by atoms with E-state index in [0.717, 1.165) is 44.6 Å². The molecule has 1 fully saturated rings. The maximum absolute atomic E-state index is 15.7. The first-order chi connectivity index (χ1) is 24.9. The summed E-state index contributed by atoms with van der Waals surface area (Å²) < 4.78 is 59.4. The van der Waals surface area contributed by atoms with E-state index in [1.807, 2.05) is 20.8 Å². The van der Waals surface area contributed by atoms with Crippen molar-refractivity contribution in [2.24, 2.45) is 5.73 Å². The van der Waals surface area contributed by atoms with E-state index in [1.165, 1.54) is 17.9 Å². The zero-order valence-electron chi connectivity index (χ0n) is 32.8. The maximum Gasteiger partial charge on any atom is 0.316 e. The van der Waals surface area contributed by atoms with Gasteiger partial charge in [0.2, 0.25) is 5.91 Å². The summed E-state index contributed by atoms with van der Waals surface area (Å²) in [5, 5.41) is 12.4. The number of nitrogens with one attached hydrogen (secondary N) is 1. The fourth-order valence-corrected chi connectivity index (χ4v) is 8.98. The summed E-state index contributed by atoms with van der Waals surface area (Å²) in [6.45, 7) is 18.6. The van der Waals surface area contributed by atoms with Gasteiger partial charge in [0.15, 0.2) is 18.2 Å². The van der Waals surface area contributed by atoms with Crippen LogP contribution in [0.1, 0.15) is 92.6 Å². The molecule has 0 saturated heterocycles. The first-order valence-electron chi connectivity index (χ1n) is 18.3. The van der Waals surface area contributed by atoms with Crippen molar-refractivity contribution < 1.29 is 36.0 Å². The van der Waals surface area contributed by atoms with Crippen molar-refractivity contribution in [2.45, 2.75) is 134 Å². The number of hydrogen-bond donors (Lipinski definition) is 2. The lowest BCUT2D eigenvalue weighted by atomic mass is 9.79. The van der Waals surface area contributed by atoms with Gasteiger partial charge in [-0.05, 0) is 88.0 Å². The number of carbonyl (C=O) groups excluding carboxylic acids is 2. The van der Waals surface area contributed by atoms with E-state index in [1.54, 1.807) is 24.3 Å². The average molecular weight is 808 g/mol. The summed E-state index contributed by atoms with van der Waals surface area (Å²) in [6, 6.07) is 7.76. The molecule has 1 saturated carbocycles. The summed E-state index contributed by atoms with van der Waals surface area (Å²) in [7, 11) is -6.04. The second-order valence-corrected chi connectivity index (χ2v) is 23.9. The molecular weight excluding hydrogens is 753 g/mol. The van der Waals surface area contributed by atoms with E-state index >= 15 is 4.39 Å². The van der Waals surface area contributed by atoms with Gasteiger partial charge in [0.1, 0.15) is 11.4 Å². The van der Waals surface area contributed by atoms with Crippen LogP contribution in [0.25, 0.3) is 11.5 Å². The van der Waals surface area contributed by atoms with Crippen LogP contribution in [0.5, 0.6) is 0 Å². The molecule has 2 aromatic carbocycles. The molecule has 0 spiro atoms. The molecule has 3 N–H and O–H groups in total. The Hall–Kier alpha value is -3.37. The minimum atomic E-state index is -4.10. The minimum Gasteiger partial charge on any atom is -0.460 e. The Balaban J connectivity index is 0.000000730. The Labute approximate surface area is 324 Å². The summed E-state index contributed by atoms with van der Waals surface area (Å²) >= 11 is 6.03. The van der Waals surface area contributed by atoms with Gasteiger partial charge in [0.05, 0.1) is 34.5 Å². The number of nitrogens with zero attached hydrogens (tertiary/aromatic N) is 3. The van der Waals surface area contributed by atoms with Gasteiger partial charge in [0.25, 0.3) is 5.89 Å². The third-order valence-corrected chi connectivity index (χ3v) is 16.6. The first-order valence-corrected chi connectivity index (χ1v) is 23.2. The second kappa shape index (κ2) is 16.8. The Morgan fingerprint density at radius 1 is 1.09 bits per heavy atom. The van der Waals surface area contributed by atoms with E-state index in [2.05, 4.69) is 49.4 Å². The number of rotatable bonds is 9. The number of fused-ring (bicyclic) bond motifs is 1. The molecule has 54 heavy (non-hydrogen) atoms. The summed E-state index contributed by atoms with van der Waals surface area (Å²) in [5.74, 6) is -2.50. The molecule has 3 aromatic rings. The van der Waals surface area contributed by atoms with Crippen LogP contribution in [0.3, 0.4) is 0 Å². The van der Waals surface area contributed by atoms with Crippen LogP contribution in [0.2, 0.25) is 23.2 Å². The number of halogens is 2. The summed E-state index contributed by atoms with van der Waals surface area (Å²) in [5.41, 5.74) is 5.93. The molecule has 1 aromatic heterocycles. The number of carbonyl (C=O) groups is 2. The van der Waals surface area contributed by atoms with Crippen molar-refractivity contribution in [3.63, 3.8) is 0 Å². The monoisotopic (exact) mass is 807 g/mol. The van der Waals surface area contributed by atoms with Crippen LogP contribution >= 0.6 is 11.6 Å². The van der Waals surface area contributed by atoms with Crippen molar-refractivity contribution in [1.29, 1.82) is 0 Å². The summed E-state index contributed by atoms with van der Waals surface area (Å²) in [6.07, 6.45) is 5.78. The SMILES string of the molecule is CC(=O)OC(C)(C)C.CC(C)(C)[Si](C)(C)OCCC1(Nc2nnc(-c3cc4c(cc3F)S(=O)(=O)C[C@H](N)C(=O)N4Cc3ccc(Cl)cc3)o2)CCCCC1. The number of amides is 1. The second-order valence-electron chi connectivity index (χ2n) is 16.7. The minimum absolute atomic E-state index is 0.00655. The van der Waals surface area contributed by atoms with Crippen molar-refractivity contribution >= 4 is 53.3 Å². The molecule has 2 aliphatic rings. The smallest absolute Gasteiger partial charge is 0.316 e. The van der Waals surface area contributed by atoms with Crippen LogP contribution in [-0.4, -0.2) is 68.4 Å². The molecule has 298 valence electrons. The predicted octanol–water partition coefficient (Wildman–Crippen LogP) is 8.05. The lowest BCUT2D eigenvalue weighted by Crippen LogP contribution is -2.45. The molecule has 1 aliphatic carbocycles. The highest BCUT2D eigenvalue weighted by atomic mass is 35.5. The highest BCUT2D eigenvalue weighted by molar-refractivity contribution is 7.91. The lowest BCUT2D eigenvalue weighted by molar-refractivity contribution is -0.151. The molecule has 1 amide bonds. The van der Waals surface area contributed by atoms with Gasteiger partial charge in [-0.15, -0.1) is 5.10 Å². The standard InChI is InChI=1S/C32H43ClFN5O5SSi.C6H12O2/c1-31(2,3)46(4,5)43-16-15-32(13-7-6-8-14-32)36-30-38-37-28(44-30)23-17-26-27(18-24(23)34)45(41,42)20-25(35)29(40)39(26)19-21-9-11-22(33)12-10-21;1-5(7)8-6(2,3)4/h9-12,17-18,25H,6-8,13-16,19-20,35H2,1-5H3,(H,36,38);1-4H3/t25-;/m0./s1. The van der Waals surface area contributed by atoms with Crippen LogP contribution in [-0.2, 0) is 35.1 Å². The van der Waals surface area contributed by atoms with Gasteiger partial charge in [0, 0.05) is 24.1 Å². The molecule has 16 heteroatoms. The van der Waals surface area contributed by atoms with E-state index in [9.17, 15) is 18.0 Å². The van der Waals surface area contributed by atoms with Crippen molar-refractivity contribution in [3.8, 4) is 11.5 Å². The number of anilines is 2. The average Bonchev–Trinajstić information content (AvgIpc) is 3.48. The van der Waals surface area contributed by atoms with Crippen LogP contribution < -0.4 is 16.0 Å². The number of sulfone groups is 1.